The third-order valence-corrected chi connectivity index (χ3v) is 4.11. The van der Waals surface area contributed by atoms with Gasteiger partial charge in [-0.3, -0.25) is 4.79 Å². The number of carboxylic acid groups (broad SMARTS) is 1. The minimum atomic E-state index is -0.801. The molecule has 6 nitrogen and oxygen atoms in total. The lowest BCUT2D eigenvalue weighted by Gasteiger charge is -2.21. The first kappa shape index (κ1) is 13.3. The normalized spacial score (nSPS) is 27.6. The van der Waals surface area contributed by atoms with E-state index in [1.54, 1.807) is 0 Å². The van der Waals surface area contributed by atoms with Crippen molar-refractivity contribution in [3.8, 4) is 0 Å². The molecule has 3 rings (SSSR count). The quantitative estimate of drug-likeness (QED) is 0.852. The predicted octanol–water partition coefficient (Wildman–Crippen LogP) is 2.10. The fraction of sp³-hybridized carbons (Fsp3) is 0.643. The highest BCUT2D eigenvalue weighted by atomic mass is 16.5. The Hall–Kier alpha value is -1.69. The summed E-state index contributed by atoms with van der Waals surface area (Å²) in [6.07, 6.45) is 6.85. The molecule has 6 heteroatoms. The number of aliphatic carboxylic acids is 1. The van der Waals surface area contributed by atoms with E-state index in [0.29, 0.717) is 24.6 Å². The van der Waals surface area contributed by atoms with E-state index < -0.39 is 11.9 Å². The molecule has 20 heavy (non-hydrogen) atoms. The molecule has 1 N–H and O–H groups in total. The summed E-state index contributed by atoms with van der Waals surface area (Å²) in [5.74, 6) is -0.0550. The molecule has 0 radical (unpaired) electrons. The summed E-state index contributed by atoms with van der Waals surface area (Å²) in [5.41, 5.74) is 0. The number of nitrogens with zero attached hydrogens (tertiary/aromatic N) is 2. The van der Waals surface area contributed by atoms with Crippen LogP contribution in [0, 0.1) is 5.92 Å². The molecule has 0 amide bonds. The van der Waals surface area contributed by atoms with Gasteiger partial charge in [-0.05, 0) is 25.7 Å². The molecule has 1 aromatic rings. The van der Waals surface area contributed by atoms with E-state index in [-0.39, 0.29) is 11.8 Å². The smallest absolute Gasteiger partial charge is 0.307 e. The van der Waals surface area contributed by atoms with Crippen molar-refractivity contribution in [1.29, 1.82) is 0 Å². The summed E-state index contributed by atoms with van der Waals surface area (Å²) in [5, 5.41) is 13.3. The fourth-order valence-corrected chi connectivity index (χ4v) is 2.88. The van der Waals surface area contributed by atoms with Crippen molar-refractivity contribution >= 4 is 5.97 Å². The van der Waals surface area contributed by atoms with Gasteiger partial charge in [0.15, 0.2) is 5.82 Å². The Kier molecular flexibility index (Phi) is 3.82. The lowest BCUT2D eigenvalue weighted by molar-refractivity contribution is -0.142. The molecule has 0 bridgehead atoms. The highest BCUT2D eigenvalue weighted by molar-refractivity contribution is 5.71. The lowest BCUT2D eigenvalue weighted by Crippen LogP contribution is -2.23. The Morgan fingerprint density at radius 3 is 2.75 bits per heavy atom. The molecule has 0 saturated carbocycles. The maximum Gasteiger partial charge on any atom is 0.307 e. The van der Waals surface area contributed by atoms with Crippen LogP contribution in [0.1, 0.15) is 49.2 Å². The maximum atomic E-state index is 11.3. The summed E-state index contributed by atoms with van der Waals surface area (Å²) in [6, 6.07) is 0. The number of hydrogen-bond donors (Lipinski definition) is 1. The van der Waals surface area contributed by atoms with Gasteiger partial charge in [-0.2, -0.15) is 4.98 Å². The molecule has 1 saturated heterocycles. The molecule has 0 spiro atoms. The second kappa shape index (κ2) is 5.75. The Labute approximate surface area is 116 Å². The number of allylic oxidation sites excluding steroid dienone is 2. The average Bonchev–Trinajstić information content (AvgIpc) is 2.98. The van der Waals surface area contributed by atoms with Crippen molar-refractivity contribution in [3.05, 3.63) is 23.9 Å². The number of rotatable bonds is 3. The van der Waals surface area contributed by atoms with Crippen molar-refractivity contribution in [2.45, 2.75) is 37.5 Å². The van der Waals surface area contributed by atoms with Crippen molar-refractivity contribution in [1.82, 2.24) is 10.1 Å². The predicted molar refractivity (Wildman–Crippen MR) is 69.3 cm³/mol. The first-order valence-electron chi connectivity index (χ1n) is 7.04. The SMILES string of the molecule is O=C(O)[C@H]1CC=CC[C@H]1c1nc(C2CCOCC2)no1. The van der Waals surface area contributed by atoms with Gasteiger partial charge >= 0.3 is 5.97 Å². The van der Waals surface area contributed by atoms with Crippen LogP contribution in [0.2, 0.25) is 0 Å². The van der Waals surface area contributed by atoms with E-state index >= 15 is 0 Å². The minimum absolute atomic E-state index is 0.210. The van der Waals surface area contributed by atoms with Crippen molar-refractivity contribution in [2.75, 3.05) is 13.2 Å². The van der Waals surface area contributed by atoms with Crippen LogP contribution in [-0.4, -0.2) is 34.4 Å². The molecule has 1 aromatic heterocycles. The van der Waals surface area contributed by atoms with Crippen LogP contribution >= 0.6 is 0 Å². The Morgan fingerprint density at radius 1 is 1.25 bits per heavy atom. The third kappa shape index (κ3) is 2.60. The molecule has 0 unspecified atom stereocenters. The highest BCUT2D eigenvalue weighted by Gasteiger charge is 2.34. The number of ether oxygens (including phenoxy) is 1. The summed E-state index contributed by atoms with van der Waals surface area (Å²) in [7, 11) is 0. The Morgan fingerprint density at radius 2 is 2.00 bits per heavy atom. The van der Waals surface area contributed by atoms with Gasteiger partial charge in [0.2, 0.25) is 5.89 Å². The van der Waals surface area contributed by atoms with Gasteiger partial charge in [-0.1, -0.05) is 17.3 Å². The molecule has 1 fully saturated rings. The molecule has 1 aliphatic carbocycles. The monoisotopic (exact) mass is 278 g/mol. The second-order valence-electron chi connectivity index (χ2n) is 5.37. The largest absolute Gasteiger partial charge is 0.481 e. The van der Waals surface area contributed by atoms with Crippen LogP contribution in [0.3, 0.4) is 0 Å². The van der Waals surface area contributed by atoms with Gasteiger partial charge < -0.3 is 14.4 Å². The van der Waals surface area contributed by atoms with Crippen LogP contribution in [0.5, 0.6) is 0 Å². The Balaban J connectivity index is 1.78. The average molecular weight is 278 g/mol. The van der Waals surface area contributed by atoms with Crippen LogP contribution in [0.25, 0.3) is 0 Å². The summed E-state index contributed by atoms with van der Waals surface area (Å²) < 4.78 is 10.7. The lowest BCUT2D eigenvalue weighted by atomic mass is 9.83. The van der Waals surface area contributed by atoms with Crippen LogP contribution in [0.15, 0.2) is 16.7 Å². The summed E-state index contributed by atoms with van der Waals surface area (Å²) in [4.78, 5) is 15.8. The van der Waals surface area contributed by atoms with E-state index in [9.17, 15) is 9.90 Å². The summed E-state index contributed by atoms with van der Waals surface area (Å²) >= 11 is 0. The maximum absolute atomic E-state index is 11.3. The highest BCUT2D eigenvalue weighted by Crippen LogP contribution is 2.35. The fourth-order valence-electron chi connectivity index (χ4n) is 2.88. The molecular weight excluding hydrogens is 260 g/mol. The number of hydrogen-bond acceptors (Lipinski definition) is 5. The topological polar surface area (TPSA) is 85.5 Å². The van der Waals surface area contributed by atoms with Crippen LogP contribution < -0.4 is 0 Å². The van der Waals surface area contributed by atoms with E-state index in [2.05, 4.69) is 10.1 Å². The molecule has 2 aliphatic rings. The molecule has 0 aromatic carbocycles. The van der Waals surface area contributed by atoms with Crippen molar-refractivity contribution in [2.24, 2.45) is 5.92 Å². The van der Waals surface area contributed by atoms with Gasteiger partial charge in [0.25, 0.3) is 0 Å². The van der Waals surface area contributed by atoms with Gasteiger partial charge in [-0.15, -0.1) is 0 Å². The van der Waals surface area contributed by atoms with Crippen molar-refractivity contribution in [3.63, 3.8) is 0 Å². The number of carboxylic acids is 1. The van der Waals surface area contributed by atoms with Gasteiger partial charge in [0.05, 0.1) is 11.8 Å². The molecule has 1 aliphatic heterocycles. The Bertz CT molecular complexity index is 505. The van der Waals surface area contributed by atoms with Gasteiger partial charge in [0.1, 0.15) is 0 Å². The van der Waals surface area contributed by atoms with Crippen LogP contribution in [0.4, 0.5) is 0 Å². The first-order chi connectivity index (χ1) is 9.75. The van der Waals surface area contributed by atoms with E-state index in [4.69, 9.17) is 9.26 Å². The number of carbonyl (C=O) groups is 1. The van der Waals surface area contributed by atoms with E-state index in [1.807, 2.05) is 12.2 Å². The second-order valence-corrected chi connectivity index (χ2v) is 5.37. The third-order valence-electron chi connectivity index (χ3n) is 4.11. The number of aromatic nitrogens is 2. The zero-order valence-electron chi connectivity index (χ0n) is 11.2. The minimum Gasteiger partial charge on any atom is -0.481 e. The van der Waals surface area contributed by atoms with E-state index in [1.165, 1.54) is 0 Å². The first-order valence-corrected chi connectivity index (χ1v) is 7.04. The van der Waals surface area contributed by atoms with Gasteiger partial charge in [0, 0.05) is 19.1 Å². The van der Waals surface area contributed by atoms with Crippen molar-refractivity contribution < 1.29 is 19.2 Å². The zero-order chi connectivity index (χ0) is 13.9. The summed E-state index contributed by atoms with van der Waals surface area (Å²) in [6.45, 7) is 1.44. The van der Waals surface area contributed by atoms with Gasteiger partial charge in [-0.25, -0.2) is 0 Å². The van der Waals surface area contributed by atoms with Crippen LogP contribution in [-0.2, 0) is 9.53 Å². The molecular formula is C14H18N2O4. The van der Waals surface area contributed by atoms with E-state index in [0.717, 1.165) is 26.1 Å². The molecule has 108 valence electrons. The molecule has 2 heterocycles. The standard InChI is InChI=1S/C14H18N2O4/c17-14(18)11-4-2-1-3-10(11)13-15-12(16-20-13)9-5-7-19-8-6-9/h1-2,9-11H,3-8H2,(H,17,18)/t10-,11+/m1/s1. The molecule has 2 atom stereocenters. The zero-order valence-corrected chi connectivity index (χ0v) is 11.2.